The first-order valence-corrected chi connectivity index (χ1v) is 9.75. The van der Waals surface area contributed by atoms with Gasteiger partial charge in [0.25, 0.3) is 5.56 Å². The summed E-state index contributed by atoms with van der Waals surface area (Å²) < 4.78 is 1.27. The number of aromatic nitrogens is 4. The van der Waals surface area contributed by atoms with Crippen molar-refractivity contribution in [3.05, 3.63) is 27.2 Å². The van der Waals surface area contributed by atoms with Gasteiger partial charge in [-0.15, -0.1) is 0 Å². The summed E-state index contributed by atoms with van der Waals surface area (Å²) in [6.45, 7) is 0. The zero-order valence-electron chi connectivity index (χ0n) is 7.04. The summed E-state index contributed by atoms with van der Waals surface area (Å²) in [5.41, 5.74) is -0.217. The van der Waals surface area contributed by atoms with Crippen molar-refractivity contribution in [1.82, 2.24) is 19.5 Å². The number of rotatable bonds is 0. The maximum absolute atomic E-state index is 11.1. The molecule has 8 heteroatoms. The fourth-order valence-corrected chi connectivity index (χ4v) is 1.05. The summed E-state index contributed by atoms with van der Waals surface area (Å²) in [4.78, 5) is 30.7. The van der Waals surface area contributed by atoms with Crippen LogP contribution in [0.2, 0.25) is 0 Å². The summed E-state index contributed by atoms with van der Waals surface area (Å²) in [5, 5.41) is 0. The number of nitrogens with zero attached hydrogens (tertiary/aromatic N) is 2. The van der Waals surface area contributed by atoms with Crippen LogP contribution in [0.25, 0.3) is 11.2 Å². The van der Waals surface area contributed by atoms with E-state index in [0.29, 0.717) is 11.2 Å². The van der Waals surface area contributed by atoms with E-state index in [1.165, 1.54) is 10.9 Å². The minimum absolute atomic E-state index is 0.317. The highest BCUT2D eigenvalue weighted by Gasteiger charge is 2.04. The largest absolute Gasteiger partial charge is 0.339 e. The Morgan fingerprint density at radius 3 is 2.71 bits per heavy atom. The van der Waals surface area contributed by atoms with Crippen LogP contribution in [-0.2, 0) is 7.05 Å². The molecule has 2 aromatic rings. The van der Waals surface area contributed by atoms with Crippen LogP contribution in [0.1, 0.15) is 0 Å². The number of H-pyrrole nitrogens is 2. The molecule has 0 radical (unpaired) electrons. The summed E-state index contributed by atoms with van der Waals surface area (Å²) in [6, 6.07) is 0. The minimum Gasteiger partial charge on any atom is -0.339 e. The van der Waals surface area contributed by atoms with Gasteiger partial charge in [0.05, 0.1) is 6.33 Å². The zero-order chi connectivity index (χ0) is 10.7. The van der Waals surface area contributed by atoms with Crippen molar-refractivity contribution in [2.45, 2.75) is 0 Å². The van der Waals surface area contributed by atoms with Crippen LogP contribution in [0.4, 0.5) is 0 Å². The average Bonchev–Trinajstić information content (AvgIpc) is 2.67. The molecule has 0 aliphatic heterocycles. The van der Waals surface area contributed by atoms with Crippen molar-refractivity contribution in [2.24, 2.45) is 7.05 Å². The van der Waals surface area contributed by atoms with E-state index >= 15 is 0 Å². The molecule has 0 aliphatic rings. The molecule has 2 N–H and O–H groups in total. The second-order valence-corrected chi connectivity index (χ2v) is 2.42. The van der Waals surface area contributed by atoms with Crippen LogP contribution in [0.5, 0.6) is 0 Å². The summed E-state index contributed by atoms with van der Waals surface area (Å²) in [7, 11) is 1.54. The summed E-state index contributed by atoms with van der Waals surface area (Å²) in [5.74, 6) is 0. The molecule has 0 unspecified atom stereocenters. The van der Waals surface area contributed by atoms with Gasteiger partial charge in [0.2, 0.25) is 0 Å². The highest BCUT2D eigenvalue weighted by atomic mass is 128. The van der Waals surface area contributed by atoms with E-state index in [9.17, 15) is 9.59 Å². The molecular formula is C6H6I2N4O2. The van der Waals surface area contributed by atoms with E-state index in [0.717, 1.165) is 0 Å². The molecule has 6 nitrogen and oxygen atoms in total. The first kappa shape index (κ1) is 11.7. The number of hydrogen-bond acceptors (Lipinski definition) is 3. The average molecular weight is 420 g/mol. The molecule has 0 aromatic carbocycles. The van der Waals surface area contributed by atoms with E-state index in [1.54, 1.807) is 7.05 Å². The first-order valence-electron chi connectivity index (χ1n) is 3.47. The highest BCUT2D eigenvalue weighted by Crippen LogP contribution is 1.96. The van der Waals surface area contributed by atoms with E-state index in [4.69, 9.17) is 0 Å². The predicted molar refractivity (Wildman–Crippen MR) is 70.0 cm³/mol. The van der Waals surface area contributed by atoms with Gasteiger partial charge in [-0.3, -0.25) is 14.3 Å². The standard InChI is InChI=1S/C6H6N4O2.I2/c1-10-4-3(7-2-8-4)5(11)9-6(10)12;1-2/h2H,1H3,(H,7,8)(H,9,11,12);. The van der Waals surface area contributed by atoms with Crippen molar-refractivity contribution >= 4 is 48.4 Å². The van der Waals surface area contributed by atoms with Gasteiger partial charge in [0.1, 0.15) is 5.52 Å². The highest BCUT2D eigenvalue weighted by molar-refractivity contribution is 15.0. The first-order chi connectivity index (χ1) is 6.70. The lowest BCUT2D eigenvalue weighted by atomic mass is 10.5. The molecule has 0 spiro atoms. The van der Waals surface area contributed by atoms with Gasteiger partial charge in [-0.1, -0.05) is 0 Å². The molecule has 0 bridgehead atoms. The molecule has 0 saturated carbocycles. The lowest BCUT2D eigenvalue weighted by molar-refractivity contribution is 0.832. The van der Waals surface area contributed by atoms with Gasteiger partial charge in [0, 0.05) is 44.3 Å². The van der Waals surface area contributed by atoms with E-state index in [2.05, 4.69) is 52.2 Å². The second-order valence-electron chi connectivity index (χ2n) is 2.42. The number of imidazole rings is 1. The minimum atomic E-state index is -0.459. The Bertz CT molecular complexity index is 540. The Hall–Kier alpha value is -0.390. The van der Waals surface area contributed by atoms with Gasteiger partial charge in [-0.2, -0.15) is 0 Å². The molecule has 0 saturated heterocycles. The smallest absolute Gasteiger partial charge is 0.329 e. The topological polar surface area (TPSA) is 83.5 Å². The van der Waals surface area contributed by atoms with Crippen molar-refractivity contribution in [3.8, 4) is 0 Å². The fourth-order valence-electron chi connectivity index (χ4n) is 1.05. The zero-order valence-corrected chi connectivity index (χ0v) is 11.4. The monoisotopic (exact) mass is 420 g/mol. The number of nitrogens with one attached hydrogen (secondary N) is 2. The Balaban J connectivity index is 0.000000461. The van der Waals surface area contributed by atoms with Crippen LogP contribution < -0.4 is 11.2 Å². The van der Waals surface area contributed by atoms with Gasteiger partial charge in [0.15, 0.2) is 5.65 Å². The van der Waals surface area contributed by atoms with Crippen molar-refractivity contribution in [3.63, 3.8) is 0 Å². The third kappa shape index (κ3) is 1.99. The molecular weight excluding hydrogens is 414 g/mol. The van der Waals surface area contributed by atoms with E-state index in [1.807, 2.05) is 0 Å². The van der Waals surface area contributed by atoms with Gasteiger partial charge in [-0.25, -0.2) is 9.78 Å². The Morgan fingerprint density at radius 1 is 1.43 bits per heavy atom. The Morgan fingerprint density at radius 2 is 2.07 bits per heavy atom. The molecule has 0 aliphatic carbocycles. The maximum atomic E-state index is 11.1. The summed E-state index contributed by atoms with van der Waals surface area (Å²) >= 11 is 4.24. The van der Waals surface area contributed by atoms with E-state index in [-0.39, 0.29) is 0 Å². The van der Waals surface area contributed by atoms with Crippen LogP contribution >= 0.6 is 37.2 Å². The molecule has 0 amide bonds. The number of aryl methyl sites for hydroxylation is 1. The molecule has 2 heterocycles. The molecule has 76 valence electrons. The third-order valence-electron chi connectivity index (χ3n) is 1.69. The van der Waals surface area contributed by atoms with Crippen LogP contribution in [0, 0.1) is 0 Å². The van der Waals surface area contributed by atoms with Crippen LogP contribution in [-0.4, -0.2) is 19.5 Å². The Kier molecular flexibility index (Phi) is 4.10. The number of halogens is 2. The van der Waals surface area contributed by atoms with Crippen LogP contribution in [0.3, 0.4) is 0 Å². The fraction of sp³-hybridized carbons (Fsp3) is 0.167. The van der Waals surface area contributed by atoms with Crippen molar-refractivity contribution in [1.29, 1.82) is 0 Å². The summed E-state index contributed by atoms with van der Waals surface area (Å²) in [6.07, 6.45) is 1.37. The SMILES string of the molecule is Cn1c(=O)[nH]c(=O)c2[nH]cnc21.II. The van der Waals surface area contributed by atoms with Gasteiger partial charge in [-0.05, 0) is 0 Å². The third-order valence-corrected chi connectivity index (χ3v) is 1.69. The molecule has 14 heavy (non-hydrogen) atoms. The maximum Gasteiger partial charge on any atom is 0.329 e. The molecule has 0 atom stereocenters. The molecule has 0 fully saturated rings. The number of aromatic amines is 2. The Labute approximate surface area is 101 Å². The quantitative estimate of drug-likeness (QED) is 0.617. The van der Waals surface area contributed by atoms with Crippen LogP contribution in [0.15, 0.2) is 15.9 Å². The normalized spacial score (nSPS) is 9.64. The lowest BCUT2D eigenvalue weighted by Crippen LogP contribution is -2.28. The number of hydrogen-bond donors (Lipinski definition) is 2. The predicted octanol–water partition coefficient (Wildman–Crippen LogP) is 0.721. The van der Waals surface area contributed by atoms with Crippen molar-refractivity contribution < 1.29 is 0 Å². The van der Waals surface area contributed by atoms with Gasteiger partial charge >= 0.3 is 5.69 Å². The number of fused-ring (bicyclic) bond motifs is 1. The second kappa shape index (κ2) is 4.91. The van der Waals surface area contributed by atoms with Crippen molar-refractivity contribution in [2.75, 3.05) is 0 Å². The molecule has 2 aromatic heterocycles. The van der Waals surface area contributed by atoms with E-state index < -0.39 is 11.2 Å². The molecule has 2 rings (SSSR count). The van der Waals surface area contributed by atoms with Gasteiger partial charge < -0.3 is 4.98 Å². The lowest BCUT2D eigenvalue weighted by Gasteiger charge is -1.94.